The van der Waals surface area contributed by atoms with E-state index >= 15 is 0 Å². The molecule has 8 rings (SSSR count). The van der Waals surface area contributed by atoms with E-state index in [1.807, 2.05) is 0 Å². The molecule has 0 radical (unpaired) electrons. The van der Waals surface area contributed by atoms with Gasteiger partial charge in [-0.15, -0.1) is 0 Å². The SMILES string of the molecule is COC(=O)Nc1c(N)nc(-c2nn(Cc3ccccc3F)c3ncc(F)cc23)nc1N.COC(=O)Nc1c(N)nc(-c2nn(Cc3ccccc3F)c3ncc(F)cc23)nc1N. The molecule has 2 aromatic carbocycles. The van der Waals surface area contributed by atoms with E-state index in [1.54, 1.807) is 36.4 Å². The number of hydrogen-bond donors (Lipinski definition) is 6. The Morgan fingerprint density at radius 1 is 0.597 bits per heavy atom. The van der Waals surface area contributed by atoms with Crippen molar-refractivity contribution in [3.8, 4) is 23.0 Å². The van der Waals surface area contributed by atoms with Crippen molar-refractivity contribution in [1.82, 2.24) is 49.5 Å². The van der Waals surface area contributed by atoms with E-state index in [-0.39, 0.29) is 92.8 Å². The number of nitrogens with one attached hydrogen (secondary N) is 2. The van der Waals surface area contributed by atoms with Crippen molar-refractivity contribution in [1.29, 1.82) is 0 Å². The fourth-order valence-electron chi connectivity index (χ4n) is 5.96. The zero-order valence-corrected chi connectivity index (χ0v) is 32.3. The smallest absolute Gasteiger partial charge is 0.411 e. The standard InChI is InChI=1S/2C19H16F2N8O2/c2*1-31-19(30)25-14-15(22)26-17(27-16(14)23)13-11-6-10(20)7-24-18(11)29(28-13)8-9-4-2-3-5-12(9)21/h2*2-7H,8H2,1H3,(H,25,30)(H4,22,23,26,27). The summed E-state index contributed by atoms with van der Waals surface area (Å²) in [6.45, 7) is 0.0729. The Labute approximate surface area is 345 Å². The van der Waals surface area contributed by atoms with Gasteiger partial charge in [-0.3, -0.25) is 10.6 Å². The number of nitrogens with zero attached hydrogens (tertiary/aromatic N) is 10. The molecule has 0 saturated heterocycles. The van der Waals surface area contributed by atoms with E-state index in [2.05, 4.69) is 60.2 Å². The number of halogens is 4. The van der Waals surface area contributed by atoms with Crippen LogP contribution in [-0.2, 0) is 22.6 Å². The molecule has 0 aliphatic rings. The van der Waals surface area contributed by atoms with Crippen molar-refractivity contribution in [3.63, 3.8) is 0 Å². The number of pyridine rings is 2. The van der Waals surface area contributed by atoms with Gasteiger partial charge in [-0.2, -0.15) is 10.2 Å². The lowest BCUT2D eigenvalue weighted by Crippen LogP contribution is -2.16. The summed E-state index contributed by atoms with van der Waals surface area (Å²) >= 11 is 0. The minimum atomic E-state index is -0.805. The van der Waals surface area contributed by atoms with Gasteiger partial charge in [0.05, 0.1) is 50.5 Å². The normalized spacial score (nSPS) is 10.9. The van der Waals surface area contributed by atoms with Gasteiger partial charge < -0.3 is 32.4 Å². The number of anilines is 6. The molecule has 0 bridgehead atoms. The van der Waals surface area contributed by atoms with Gasteiger partial charge in [-0.1, -0.05) is 36.4 Å². The molecule has 0 unspecified atom stereocenters. The number of nitrogen functional groups attached to an aromatic ring is 4. The van der Waals surface area contributed by atoms with Crippen molar-refractivity contribution in [2.24, 2.45) is 0 Å². The summed E-state index contributed by atoms with van der Waals surface area (Å²) in [7, 11) is 2.35. The highest BCUT2D eigenvalue weighted by molar-refractivity contribution is 5.96. The molecule has 0 aliphatic heterocycles. The third-order valence-corrected chi connectivity index (χ3v) is 8.84. The molecular weight excluding hydrogens is 821 g/mol. The van der Waals surface area contributed by atoms with Crippen LogP contribution in [-0.4, -0.2) is 75.9 Å². The predicted molar refractivity (Wildman–Crippen MR) is 218 cm³/mol. The van der Waals surface area contributed by atoms with E-state index in [1.165, 1.54) is 47.8 Å². The maximum atomic E-state index is 14.1. The number of hydrogen-bond acceptors (Lipinski definition) is 16. The largest absolute Gasteiger partial charge is 0.453 e. The average molecular weight is 853 g/mol. The second-order valence-corrected chi connectivity index (χ2v) is 12.9. The van der Waals surface area contributed by atoms with Crippen molar-refractivity contribution in [3.05, 3.63) is 107 Å². The van der Waals surface area contributed by atoms with Crippen LogP contribution in [0, 0.1) is 23.3 Å². The molecule has 6 aromatic heterocycles. The maximum absolute atomic E-state index is 14.1. The maximum Gasteiger partial charge on any atom is 0.411 e. The molecular formula is C38H32F4N16O4. The van der Waals surface area contributed by atoms with Crippen LogP contribution >= 0.6 is 0 Å². The number of nitrogens with two attached hydrogens (primary N) is 4. The lowest BCUT2D eigenvalue weighted by Gasteiger charge is -2.10. The Kier molecular flexibility index (Phi) is 11.5. The highest BCUT2D eigenvalue weighted by Crippen LogP contribution is 2.32. The molecule has 0 aliphatic carbocycles. The lowest BCUT2D eigenvalue weighted by molar-refractivity contribution is 0.186. The van der Waals surface area contributed by atoms with Gasteiger partial charge in [0, 0.05) is 11.1 Å². The number of amides is 2. The van der Waals surface area contributed by atoms with Crippen LogP contribution in [0.4, 0.5) is 61.8 Å². The monoisotopic (exact) mass is 852 g/mol. The Morgan fingerprint density at radius 2 is 0.952 bits per heavy atom. The van der Waals surface area contributed by atoms with E-state index < -0.39 is 35.5 Å². The lowest BCUT2D eigenvalue weighted by atomic mass is 10.2. The third kappa shape index (κ3) is 8.54. The second kappa shape index (κ2) is 17.3. The number of ether oxygens (including phenoxy) is 2. The van der Waals surface area contributed by atoms with E-state index in [0.29, 0.717) is 11.1 Å². The first kappa shape index (κ1) is 41.5. The molecule has 316 valence electrons. The minimum absolute atomic E-state index is 0.0184. The zero-order chi connectivity index (χ0) is 44.2. The van der Waals surface area contributed by atoms with Gasteiger partial charge >= 0.3 is 12.2 Å². The summed E-state index contributed by atoms with van der Waals surface area (Å²) in [6, 6.07) is 14.8. The van der Waals surface area contributed by atoms with Crippen LogP contribution in [0.25, 0.3) is 45.1 Å². The first-order chi connectivity index (χ1) is 29.7. The number of rotatable bonds is 8. The quantitative estimate of drug-likeness (QED) is 0.108. The van der Waals surface area contributed by atoms with Crippen LogP contribution < -0.4 is 33.6 Å². The summed E-state index contributed by atoms with van der Waals surface area (Å²) < 4.78 is 67.9. The van der Waals surface area contributed by atoms with E-state index in [9.17, 15) is 27.2 Å². The Balaban J connectivity index is 0.000000186. The fraction of sp³-hybridized carbons (Fsp3) is 0.105. The molecule has 0 spiro atoms. The second-order valence-electron chi connectivity index (χ2n) is 12.9. The molecule has 0 atom stereocenters. The highest BCUT2D eigenvalue weighted by Gasteiger charge is 2.23. The highest BCUT2D eigenvalue weighted by atomic mass is 19.1. The minimum Gasteiger partial charge on any atom is -0.453 e. The van der Waals surface area contributed by atoms with Crippen molar-refractivity contribution >= 4 is 68.9 Å². The summed E-state index contributed by atoms with van der Waals surface area (Å²) in [6.07, 6.45) is 0.443. The van der Waals surface area contributed by atoms with Crippen molar-refractivity contribution < 1.29 is 36.6 Å². The molecule has 10 N–H and O–H groups in total. The number of fused-ring (bicyclic) bond motifs is 2. The first-order valence-corrected chi connectivity index (χ1v) is 17.8. The zero-order valence-electron chi connectivity index (χ0n) is 32.3. The first-order valence-electron chi connectivity index (χ1n) is 17.8. The van der Waals surface area contributed by atoms with Crippen LogP contribution in [0.1, 0.15) is 11.1 Å². The van der Waals surface area contributed by atoms with E-state index in [0.717, 1.165) is 12.4 Å². The van der Waals surface area contributed by atoms with Gasteiger partial charge in [-0.25, -0.2) is 66.4 Å². The molecule has 2 amide bonds. The molecule has 6 heterocycles. The van der Waals surface area contributed by atoms with Crippen molar-refractivity contribution in [2.45, 2.75) is 13.1 Å². The van der Waals surface area contributed by atoms with Gasteiger partial charge in [-0.05, 0) is 24.3 Å². The van der Waals surface area contributed by atoms with Crippen LogP contribution in [0.2, 0.25) is 0 Å². The van der Waals surface area contributed by atoms with E-state index in [4.69, 9.17) is 22.9 Å². The molecule has 0 saturated carbocycles. The summed E-state index contributed by atoms with van der Waals surface area (Å²) in [4.78, 5) is 47.6. The predicted octanol–water partition coefficient (Wildman–Crippen LogP) is 5.12. The van der Waals surface area contributed by atoms with Crippen LogP contribution in [0.15, 0.2) is 73.1 Å². The van der Waals surface area contributed by atoms with Gasteiger partial charge in [0.25, 0.3) is 0 Å². The summed E-state index contributed by atoms with van der Waals surface area (Å²) in [5.41, 5.74) is 25.2. The number of aromatic nitrogens is 10. The molecule has 8 aromatic rings. The van der Waals surface area contributed by atoms with Crippen LogP contribution in [0.3, 0.4) is 0 Å². The number of carbonyl (C=O) groups is 2. The van der Waals surface area contributed by atoms with Gasteiger partial charge in [0.15, 0.2) is 46.2 Å². The third-order valence-electron chi connectivity index (χ3n) is 8.84. The van der Waals surface area contributed by atoms with Gasteiger partial charge in [0.1, 0.15) is 46.0 Å². The molecule has 24 heteroatoms. The number of benzene rings is 2. The molecule has 62 heavy (non-hydrogen) atoms. The molecule has 20 nitrogen and oxygen atoms in total. The summed E-state index contributed by atoms with van der Waals surface area (Å²) in [5.74, 6) is -2.67. The average Bonchev–Trinajstić information content (AvgIpc) is 3.79. The Hall–Kier alpha value is -8.70. The topological polar surface area (TPSA) is 294 Å². The Morgan fingerprint density at radius 3 is 1.29 bits per heavy atom. The number of carbonyl (C=O) groups excluding carboxylic acids is 2. The van der Waals surface area contributed by atoms with Gasteiger partial charge in [0.2, 0.25) is 0 Å². The fourth-order valence-corrected chi connectivity index (χ4v) is 5.96. The summed E-state index contributed by atoms with van der Waals surface area (Å²) in [5, 5.41) is 14.0. The van der Waals surface area contributed by atoms with Crippen LogP contribution in [0.5, 0.6) is 0 Å². The van der Waals surface area contributed by atoms with Crippen molar-refractivity contribution in [2.75, 3.05) is 47.8 Å². The Bertz CT molecular complexity index is 2770. The molecule has 0 fully saturated rings. The number of methoxy groups -OCH3 is 2.